The molecule has 0 aliphatic carbocycles. The molecule has 5 nitrogen and oxygen atoms in total. The molecule has 2 saturated heterocycles. The summed E-state index contributed by atoms with van der Waals surface area (Å²) in [6.45, 7) is 7.30. The van der Waals surface area contributed by atoms with E-state index in [0.29, 0.717) is 26.2 Å². The van der Waals surface area contributed by atoms with Gasteiger partial charge in [-0.2, -0.15) is 0 Å². The van der Waals surface area contributed by atoms with E-state index in [4.69, 9.17) is 4.74 Å². The van der Waals surface area contributed by atoms with Crippen LogP contribution in [0.2, 0.25) is 0 Å². The first-order chi connectivity index (χ1) is 7.63. The normalized spacial score (nSPS) is 28.8. The molecule has 0 aromatic carbocycles. The van der Waals surface area contributed by atoms with Gasteiger partial charge in [0.1, 0.15) is 0 Å². The largest absolute Gasteiger partial charge is 0.372 e. The molecule has 5 heteroatoms. The zero-order valence-electron chi connectivity index (χ0n) is 9.39. The van der Waals surface area contributed by atoms with Crippen molar-refractivity contribution in [3.63, 3.8) is 0 Å². The number of nitrogens with zero attached hydrogens (tertiary/aromatic N) is 2. The van der Waals surface area contributed by atoms with Crippen molar-refractivity contribution in [3.8, 4) is 0 Å². The molecule has 88 valence electrons. The van der Waals surface area contributed by atoms with Crippen LogP contribution in [-0.2, 0) is 14.3 Å². The number of hydrogen-bond donors (Lipinski definition) is 0. The van der Waals surface area contributed by atoms with Crippen molar-refractivity contribution in [1.82, 2.24) is 9.80 Å². The van der Waals surface area contributed by atoms with Crippen LogP contribution in [0.4, 0.5) is 0 Å². The molecule has 2 aliphatic rings. The van der Waals surface area contributed by atoms with E-state index in [0.717, 1.165) is 0 Å². The fraction of sp³-hybridized carbons (Fsp3) is 0.636. The summed E-state index contributed by atoms with van der Waals surface area (Å²) in [7, 11) is 0. The number of hydrogen-bond acceptors (Lipinski definition) is 3. The van der Waals surface area contributed by atoms with E-state index in [2.05, 4.69) is 6.58 Å². The van der Waals surface area contributed by atoms with Crippen LogP contribution in [0.1, 0.15) is 6.92 Å². The van der Waals surface area contributed by atoms with Crippen LogP contribution in [0, 0.1) is 0 Å². The van der Waals surface area contributed by atoms with Crippen LogP contribution < -0.4 is 0 Å². The third-order valence-electron chi connectivity index (χ3n) is 3.19. The van der Waals surface area contributed by atoms with Gasteiger partial charge in [-0.15, -0.1) is 0 Å². The first-order valence-corrected chi connectivity index (χ1v) is 5.43. The Bertz CT molecular complexity index is 329. The highest BCUT2D eigenvalue weighted by Gasteiger charge is 2.42. The number of morpholine rings is 1. The molecule has 2 fully saturated rings. The predicted molar refractivity (Wildman–Crippen MR) is 57.7 cm³/mol. The maximum absolute atomic E-state index is 11.5. The Morgan fingerprint density at radius 2 is 2.19 bits per heavy atom. The second kappa shape index (κ2) is 4.25. The Kier molecular flexibility index (Phi) is 2.96. The molecule has 2 amide bonds. The number of fused-ring (bicyclic) bond motifs is 1. The van der Waals surface area contributed by atoms with E-state index in [1.807, 2.05) is 0 Å². The highest BCUT2D eigenvalue weighted by atomic mass is 16.5. The molecule has 2 atom stereocenters. The van der Waals surface area contributed by atoms with Crippen LogP contribution in [0.3, 0.4) is 0 Å². The lowest BCUT2D eigenvalue weighted by atomic mass is 10.1. The molecular weight excluding hydrogens is 208 g/mol. The quantitative estimate of drug-likeness (QED) is 0.571. The Labute approximate surface area is 94.6 Å². The Morgan fingerprint density at radius 1 is 1.44 bits per heavy atom. The first kappa shape index (κ1) is 11.1. The van der Waals surface area contributed by atoms with Crippen LogP contribution in [-0.4, -0.2) is 60.0 Å². The summed E-state index contributed by atoms with van der Waals surface area (Å²) in [4.78, 5) is 26.4. The second-order valence-corrected chi connectivity index (χ2v) is 4.14. The van der Waals surface area contributed by atoms with Crippen molar-refractivity contribution in [1.29, 1.82) is 0 Å². The van der Waals surface area contributed by atoms with Gasteiger partial charge in [-0.05, 0) is 6.08 Å². The first-order valence-electron chi connectivity index (χ1n) is 5.43. The third kappa shape index (κ3) is 1.82. The second-order valence-electron chi connectivity index (χ2n) is 4.14. The number of carbonyl (C=O) groups is 2. The van der Waals surface area contributed by atoms with Gasteiger partial charge in [0.15, 0.2) is 0 Å². The molecule has 0 saturated carbocycles. The van der Waals surface area contributed by atoms with E-state index in [-0.39, 0.29) is 24.0 Å². The highest BCUT2D eigenvalue weighted by molar-refractivity contribution is 5.87. The molecule has 2 heterocycles. The van der Waals surface area contributed by atoms with Gasteiger partial charge in [0.25, 0.3) is 0 Å². The molecule has 0 bridgehead atoms. The minimum Gasteiger partial charge on any atom is -0.372 e. The van der Waals surface area contributed by atoms with E-state index in [1.54, 1.807) is 16.7 Å². The van der Waals surface area contributed by atoms with Crippen molar-refractivity contribution in [2.75, 3.05) is 26.2 Å². The molecule has 0 spiro atoms. The molecule has 0 N–H and O–H groups in total. The van der Waals surface area contributed by atoms with Crippen molar-refractivity contribution in [2.24, 2.45) is 0 Å². The monoisotopic (exact) mass is 224 g/mol. The topological polar surface area (TPSA) is 49.9 Å². The predicted octanol–water partition coefficient (Wildman–Crippen LogP) is -0.369. The average molecular weight is 224 g/mol. The van der Waals surface area contributed by atoms with E-state index in [1.165, 1.54) is 6.08 Å². The van der Waals surface area contributed by atoms with Crippen LogP contribution in [0.5, 0.6) is 0 Å². The van der Waals surface area contributed by atoms with E-state index < -0.39 is 0 Å². The summed E-state index contributed by atoms with van der Waals surface area (Å²) in [5, 5.41) is 0. The summed E-state index contributed by atoms with van der Waals surface area (Å²) in [6, 6.07) is 0.00940. The maximum atomic E-state index is 11.5. The average Bonchev–Trinajstić information content (AvgIpc) is 2.70. The van der Waals surface area contributed by atoms with Gasteiger partial charge in [0.05, 0.1) is 18.8 Å². The van der Waals surface area contributed by atoms with Crippen molar-refractivity contribution < 1.29 is 14.3 Å². The van der Waals surface area contributed by atoms with Gasteiger partial charge in [0.2, 0.25) is 11.8 Å². The number of ether oxygens (including phenoxy) is 1. The maximum Gasteiger partial charge on any atom is 0.246 e. The minimum atomic E-state index is -0.0958. The summed E-state index contributed by atoms with van der Waals surface area (Å²) in [5.74, 6) is -0.0484. The van der Waals surface area contributed by atoms with Crippen molar-refractivity contribution >= 4 is 11.8 Å². The smallest absolute Gasteiger partial charge is 0.246 e. The summed E-state index contributed by atoms with van der Waals surface area (Å²) in [6.07, 6.45) is 1.26. The Hall–Kier alpha value is -1.36. The Morgan fingerprint density at radius 3 is 2.81 bits per heavy atom. The van der Waals surface area contributed by atoms with Gasteiger partial charge in [-0.3, -0.25) is 9.59 Å². The van der Waals surface area contributed by atoms with Crippen LogP contribution in [0.15, 0.2) is 12.7 Å². The number of carbonyl (C=O) groups excluding carboxylic acids is 2. The lowest BCUT2D eigenvalue weighted by molar-refractivity contribution is -0.140. The molecular formula is C11H16N2O3. The van der Waals surface area contributed by atoms with Gasteiger partial charge >= 0.3 is 0 Å². The standard InChI is InChI=1S/C11H16N2O3/c1-3-11(15)12-6-9-10(7-12)16-5-4-13(9)8(2)14/h3,9-10H,1,4-7H2,2H3. The van der Waals surface area contributed by atoms with Gasteiger partial charge in [-0.25, -0.2) is 0 Å². The highest BCUT2D eigenvalue weighted by Crippen LogP contribution is 2.23. The van der Waals surface area contributed by atoms with Gasteiger partial charge in [0, 0.05) is 26.6 Å². The number of likely N-dealkylation sites (tertiary alicyclic amines) is 1. The third-order valence-corrected chi connectivity index (χ3v) is 3.19. The van der Waals surface area contributed by atoms with Gasteiger partial charge < -0.3 is 14.5 Å². The lowest BCUT2D eigenvalue weighted by Gasteiger charge is -2.35. The molecule has 2 unspecified atom stereocenters. The SMILES string of the molecule is C=CC(=O)N1CC2OCCN(C(C)=O)C2C1. The number of rotatable bonds is 1. The fourth-order valence-corrected chi connectivity index (χ4v) is 2.39. The lowest BCUT2D eigenvalue weighted by Crippen LogP contribution is -2.52. The molecule has 2 rings (SSSR count). The number of amides is 2. The molecule has 0 radical (unpaired) electrons. The fourth-order valence-electron chi connectivity index (χ4n) is 2.39. The Balaban J connectivity index is 2.10. The zero-order chi connectivity index (χ0) is 11.7. The van der Waals surface area contributed by atoms with Crippen LogP contribution in [0.25, 0.3) is 0 Å². The molecule has 16 heavy (non-hydrogen) atoms. The van der Waals surface area contributed by atoms with E-state index >= 15 is 0 Å². The molecule has 2 aliphatic heterocycles. The van der Waals surface area contributed by atoms with E-state index in [9.17, 15) is 9.59 Å². The minimum absolute atomic E-state index is 0.00940. The summed E-state index contributed by atoms with van der Waals surface area (Å²) in [5.41, 5.74) is 0. The summed E-state index contributed by atoms with van der Waals surface area (Å²) < 4.78 is 5.59. The van der Waals surface area contributed by atoms with Gasteiger partial charge in [-0.1, -0.05) is 6.58 Å². The summed E-state index contributed by atoms with van der Waals surface area (Å²) >= 11 is 0. The van der Waals surface area contributed by atoms with Crippen LogP contribution >= 0.6 is 0 Å². The van der Waals surface area contributed by atoms with Crippen molar-refractivity contribution in [2.45, 2.75) is 19.1 Å². The molecule has 0 aromatic rings. The van der Waals surface area contributed by atoms with Crippen molar-refractivity contribution in [3.05, 3.63) is 12.7 Å². The zero-order valence-corrected chi connectivity index (χ0v) is 9.39. The molecule has 0 aromatic heterocycles.